The van der Waals surface area contributed by atoms with E-state index in [1.807, 2.05) is 30.3 Å². The fraction of sp³-hybridized carbons (Fsp3) is 0.286. The number of benzene rings is 4. The van der Waals surface area contributed by atoms with Crippen molar-refractivity contribution in [3.05, 3.63) is 142 Å². The lowest BCUT2D eigenvalue weighted by molar-refractivity contribution is -0.137. The molecular formula is C35H36ClF3N4O. The minimum absolute atomic E-state index is 0.0507. The zero-order chi connectivity index (χ0) is 31.1. The van der Waals surface area contributed by atoms with Crippen molar-refractivity contribution in [1.29, 1.82) is 0 Å². The summed E-state index contributed by atoms with van der Waals surface area (Å²) in [6.07, 6.45) is -4.60. The molecule has 2 heterocycles. The number of likely N-dealkylation sites (tertiary alicyclic amines) is 1. The normalized spacial score (nSPS) is 21.8. The maximum Gasteiger partial charge on any atom is 0.417 e. The van der Waals surface area contributed by atoms with Gasteiger partial charge in [0.1, 0.15) is 0 Å². The molecule has 0 bridgehead atoms. The summed E-state index contributed by atoms with van der Waals surface area (Å²) in [5, 5.41) is 5.44. The van der Waals surface area contributed by atoms with Gasteiger partial charge in [-0.2, -0.15) is 13.2 Å². The van der Waals surface area contributed by atoms with E-state index in [4.69, 9.17) is 17.3 Å². The highest BCUT2D eigenvalue weighted by atomic mass is 35.5. The summed E-state index contributed by atoms with van der Waals surface area (Å²) < 4.78 is 38.9. The standard InChI is InChI=1S/C18H16ClF3N2O.C17H20N2/c19-16-12(7-4-8-14(16)18(20,21)22)17(25)24-15-10-23-9-13(15)11-5-2-1-3-6-11;18-17-13-19(11-14-7-3-1-4-8-14)12-16(17)15-9-5-2-6-10-15/h1-8,13,15,23H,9-10H2,(H,24,25);1-10,16-17H,11-13,18H2. The second-order valence-electron chi connectivity index (χ2n) is 11.3. The SMILES string of the molecule is NC1CN(Cc2ccccc2)CC1c1ccccc1.O=C(NC1CNCC1c1ccccc1)c1cccc(C(F)(F)F)c1Cl. The maximum absolute atomic E-state index is 13.0. The van der Waals surface area contributed by atoms with Gasteiger partial charge in [-0.1, -0.05) is 109 Å². The number of nitrogens with two attached hydrogens (primary N) is 1. The Kier molecular flexibility index (Phi) is 10.4. The van der Waals surface area contributed by atoms with Crippen LogP contribution in [0.3, 0.4) is 0 Å². The Morgan fingerprint density at radius 3 is 2.02 bits per heavy atom. The van der Waals surface area contributed by atoms with Gasteiger partial charge in [-0.3, -0.25) is 9.69 Å². The molecule has 0 radical (unpaired) electrons. The van der Waals surface area contributed by atoms with Gasteiger partial charge < -0.3 is 16.4 Å². The fourth-order valence-electron chi connectivity index (χ4n) is 5.99. The van der Waals surface area contributed by atoms with Crippen LogP contribution in [0.4, 0.5) is 13.2 Å². The Labute approximate surface area is 261 Å². The summed E-state index contributed by atoms with van der Waals surface area (Å²) in [6, 6.07) is 34.3. The molecule has 0 spiro atoms. The lowest BCUT2D eigenvalue weighted by Crippen LogP contribution is -2.39. The Balaban J connectivity index is 0.000000181. The Hall–Kier alpha value is -3.69. The third kappa shape index (κ3) is 7.87. The van der Waals surface area contributed by atoms with E-state index >= 15 is 0 Å². The molecule has 2 fully saturated rings. The average molecular weight is 621 g/mol. The van der Waals surface area contributed by atoms with Crippen LogP contribution >= 0.6 is 11.6 Å². The molecule has 4 aromatic carbocycles. The van der Waals surface area contributed by atoms with Crippen LogP contribution in [-0.2, 0) is 12.7 Å². The van der Waals surface area contributed by atoms with E-state index in [2.05, 4.69) is 76.2 Å². The lowest BCUT2D eigenvalue weighted by Gasteiger charge is -2.21. The lowest BCUT2D eigenvalue weighted by atomic mass is 9.94. The Morgan fingerprint density at radius 1 is 0.818 bits per heavy atom. The number of carbonyl (C=O) groups is 1. The first-order valence-corrected chi connectivity index (χ1v) is 15.1. The molecule has 230 valence electrons. The number of rotatable bonds is 6. The largest absolute Gasteiger partial charge is 0.417 e. The zero-order valence-electron chi connectivity index (χ0n) is 24.2. The van der Waals surface area contributed by atoms with E-state index in [1.165, 1.54) is 23.3 Å². The molecule has 9 heteroatoms. The van der Waals surface area contributed by atoms with Crippen molar-refractivity contribution in [2.75, 3.05) is 26.2 Å². The molecule has 0 aliphatic carbocycles. The molecule has 4 N–H and O–H groups in total. The van der Waals surface area contributed by atoms with E-state index in [0.29, 0.717) is 19.0 Å². The molecule has 1 amide bonds. The molecule has 4 unspecified atom stereocenters. The fourth-order valence-corrected chi connectivity index (χ4v) is 6.31. The molecular weight excluding hydrogens is 585 g/mol. The van der Waals surface area contributed by atoms with Gasteiger partial charge in [-0.25, -0.2) is 0 Å². The van der Waals surface area contributed by atoms with Crippen molar-refractivity contribution in [2.24, 2.45) is 5.73 Å². The van der Waals surface area contributed by atoms with Gasteiger partial charge in [0.2, 0.25) is 0 Å². The monoisotopic (exact) mass is 620 g/mol. The Morgan fingerprint density at radius 2 is 1.41 bits per heavy atom. The van der Waals surface area contributed by atoms with Crippen molar-refractivity contribution in [3.63, 3.8) is 0 Å². The van der Waals surface area contributed by atoms with Crippen LogP contribution in [0, 0.1) is 0 Å². The molecule has 2 aliphatic rings. The molecule has 0 saturated carbocycles. The summed E-state index contributed by atoms with van der Waals surface area (Å²) in [4.78, 5) is 14.9. The van der Waals surface area contributed by atoms with E-state index < -0.39 is 22.7 Å². The van der Waals surface area contributed by atoms with Crippen LogP contribution < -0.4 is 16.4 Å². The minimum atomic E-state index is -4.60. The van der Waals surface area contributed by atoms with Crippen LogP contribution in [0.25, 0.3) is 0 Å². The third-order valence-electron chi connectivity index (χ3n) is 8.22. The average Bonchev–Trinajstić information content (AvgIpc) is 3.64. The van der Waals surface area contributed by atoms with Crippen LogP contribution in [0.15, 0.2) is 109 Å². The quantitative estimate of drug-likeness (QED) is 0.232. The molecule has 4 aromatic rings. The number of hydrogen-bond donors (Lipinski definition) is 3. The molecule has 0 aromatic heterocycles. The molecule has 44 heavy (non-hydrogen) atoms. The molecule has 4 atom stereocenters. The van der Waals surface area contributed by atoms with Crippen molar-refractivity contribution in [3.8, 4) is 0 Å². The summed E-state index contributed by atoms with van der Waals surface area (Å²) in [7, 11) is 0. The first kappa shape index (κ1) is 31.7. The smallest absolute Gasteiger partial charge is 0.347 e. The molecule has 2 aliphatic heterocycles. The summed E-state index contributed by atoms with van der Waals surface area (Å²) in [5.41, 5.74) is 8.93. The molecule has 2 saturated heterocycles. The van der Waals surface area contributed by atoms with E-state index in [0.717, 1.165) is 31.3 Å². The van der Waals surface area contributed by atoms with Gasteiger partial charge in [-0.15, -0.1) is 0 Å². The first-order valence-electron chi connectivity index (χ1n) is 14.7. The van der Waals surface area contributed by atoms with E-state index in [-0.39, 0.29) is 23.6 Å². The second kappa shape index (κ2) is 14.4. The minimum Gasteiger partial charge on any atom is -0.347 e. The highest BCUT2D eigenvalue weighted by Crippen LogP contribution is 2.36. The van der Waals surface area contributed by atoms with Crippen molar-refractivity contribution in [1.82, 2.24) is 15.5 Å². The van der Waals surface area contributed by atoms with Gasteiger partial charge in [0.25, 0.3) is 5.91 Å². The van der Waals surface area contributed by atoms with Crippen LogP contribution in [0.2, 0.25) is 5.02 Å². The predicted molar refractivity (Wildman–Crippen MR) is 169 cm³/mol. The number of hydrogen-bond acceptors (Lipinski definition) is 4. The topological polar surface area (TPSA) is 70.4 Å². The third-order valence-corrected chi connectivity index (χ3v) is 8.63. The first-order chi connectivity index (χ1) is 21.2. The van der Waals surface area contributed by atoms with Crippen molar-refractivity contribution < 1.29 is 18.0 Å². The Bertz CT molecular complexity index is 1510. The van der Waals surface area contributed by atoms with Crippen molar-refractivity contribution >= 4 is 17.5 Å². The van der Waals surface area contributed by atoms with Gasteiger partial charge >= 0.3 is 6.18 Å². The van der Waals surface area contributed by atoms with Gasteiger partial charge in [0.05, 0.1) is 16.1 Å². The second-order valence-corrected chi connectivity index (χ2v) is 11.7. The van der Waals surface area contributed by atoms with E-state index in [9.17, 15) is 18.0 Å². The number of nitrogens with zero attached hydrogens (tertiary/aromatic N) is 1. The van der Waals surface area contributed by atoms with Crippen LogP contribution in [0.1, 0.15) is 44.4 Å². The highest BCUT2D eigenvalue weighted by molar-refractivity contribution is 6.34. The number of halogens is 4. The van der Waals surface area contributed by atoms with E-state index in [1.54, 1.807) is 0 Å². The van der Waals surface area contributed by atoms with Crippen LogP contribution in [-0.4, -0.2) is 49.1 Å². The maximum atomic E-state index is 13.0. The predicted octanol–water partition coefficient (Wildman–Crippen LogP) is 6.46. The van der Waals surface area contributed by atoms with Gasteiger partial charge in [0.15, 0.2) is 0 Å². The number of alkyl halides is 3. The van der Waals surface area contributed by atoms with Crippen LogP contribution in [0.5, 0.6) is 0 Å². The summed E-state index contributed by atoms with van der Waals surface area (Å²) >= 11 is 5.83. The summed E-state index contributed by atoms with van der Waals surface area (Å²) in [5.74, 6) is -0.0923. The molecule has 5 nitrogen and oxygen atoms in total. The summed E-state index contributed by atoms with van der Waals surface area (Å²) in [6.45, 7) is 4.26. The molecule has 6 rings (SSSR count). The zero-order valence-corrected chi connectivity index (χ0v) is 24.9. The van der Waals surface area contributed by atoms with Crippen molar-refractivity contribution in [2.45, 2.75) is 36.6 Å². The highest BCUT2D eigenvalue weighted by Gasteiger charge is 2.36. The number of carbonyl (C=O) groups excluding carboxylic acids is 1. The number of amides is 1. The number of nitrogens with one attached hydrogen (secondary N) is 2. The van der Waals surface area contributed by atoms with Gasteiger partial charge in [-0.05, 0) is 28.8 Å². The van der Waals surface area contributed by atoms with Gasteiger partial charge in [0, 0.05) is 56.6 Å².